The molecule has 2 aromatic heterocycles. The van der Waals surface area contributed by atoms with E-state index in [0.717, 1.165) is 59.1 Å². The van der Waals surface area contributed by atoms with Crippen molar-refractivity contribution in [3.63, 3.8) is 0 Å². The van der Waals surface area contributed by atoms with Gasteiger partial charge in [0, 0.05) is 30.2 Å². The summed E-state index contributed by atoms with van der Waals surface area (Å²) in [6, 6.07) is 10.9. The number of nitrogens with zero attached hydrogens (tertiary/aromatic N) is 3. The molecule has 0 saturated carbocycles. The highest BCUT2D eigenvalue weighted by molar-refractivity contribution is 7.99. The van der Waals surface area contributed by atoms with Gasteiger partial charge in [-0.3, -0.25) is 0 Å². The number of piperidine rings is 1. The van der Waals surface area contributed by atoms with Crippen LogP contribution in [0.25, 0.3) is 0 Å². The van der Waals surface area contributed by atoms with Crippen molar-refractivity contribution in [3.8, 4) is 0 Å². The Morgan fingerprint density at radius 1 is 1.13 bits per heavy atom. The molecule has 2 aliphatic rings. The Bertz CT molecular complexity index is 1120. The number of hydrogen-bond donors (Lipinski definition) is 2. The van der Waals surface area contributed by atoms with Gasteiger partial charge in [0.2, 0.25) is 0 Å². The van der Waals surface area contributed by atoms with E-state index in [9.17, 15) is 4.39 Å². The molecule has 1 saturated heterocycles. The average molecular weight is 456 g/mol. The summed E-state index contributed by atoms with van der Waals surface area (Å²) in [7, 11) is 0. The first-order valence-electron chi connectivity index (χ1n) is 10.3. The Hall–Kier alpha value is -2.35. The molecule has 1 aliphatic carbocycles. The van der Waals surface area contributed by atoms with E-state index in [-0.39, 0.29) is 17.3 Å². The van der Waals surface area contributed by atoms with Gasteiger partial charge in [0.25, 0.3) is 0 Å². The fourth-order valence-electron chi connectivity index (χ4n) is 4.80. The van der Waals surface area contributed by atoms with Crippen LogP contribution in [0, 0.1) is 11.2 Å². The van der Waals surface area contributed by atoms with E-state index in [1.807, 2.05) is 24.4 Å². The summed E-state index contributed by atoms with van der Waals surface area (Å²) in [6.07, 6.45) is 6.36. The number of halogens is 2. The lowest BCUT2D eigenvalue weighted by Gasteiger charge is -2.43. The van der Waals surface area contributed by atoms with Crippen molar-refractivity contribution < 1.29 is 4.39 Å². The van der Waals surface area contributed by atoms with Gasteiger partial charge in [0.15, 0.2) is 0 Å². The molecule has 0 amide bonds. The van der Waals surface area contributed by atoms with E-state index in [2.05, 4.69) is 20.9 Å². The van der Waals surface area contributed by atoms with E-state index in [1.165, 1.54) is 17.8 Å². The maximum absolute atomic E-state index is 13.7. The molecule has 31 heavy (non-hydrogen) atoms. The number of benzene rings is 1. The van der Waals surface area contributed by atoms with Crippen LogP contribution in [0.2, 0.25) is 5.02 Å². The quantitative estimate of drug-likeness (QED) is 0.587. The molecule has 5 nitrogen and oxygen atoms in total. The highest BCUT2D eigenvalue weighted by Crippen LogP contribution is 2.51. The van der Waals surface area contributed by atoms with Crippen molar-refractivity contribution >= 4 is 34.9 Å². The van der Waals surface area contributed by atoms with Gasteiger partial charge in [-0.25, -0.2) is 14.4 Å². The molecule has 160 valence electrons. The number of pyridine rings is 2. The van der Waals surface area contributed by atoms with Gasteiger partial charge >= 0.3 is 0 Å². The smallest absolute Gasteiger partial charge is 0.143 e. The molecule has 8 heteroatoms. The minimum absolute atomic E-state index is 0.0217. The lowest BCUT2D eigenvalue weighted by Crippen LogP contribution is -2.44. The topological polar surface area (TPSA) is 81.1 Å². The summed E-state index contributed by atoms with van der Waals surface area (Å²) in [6.45, 7) is 1.82. The Morgan fingerprint density at radius 3 is 2.68 bits per heavy atom. The van der Waals surface area contributed by atoms with Gasteiger partial charge in [-0.05, 0) is 66.1 Å². The van der Waals surface area contributed by atoms with Crippen molar-refractivity contribution in [3.05, 3.63) is 70.8 Å². The van der Waals surface area contributed by atoms with E-state index < -0.39 is 0 Å². The molecule has 3 aromatic rings. The molecule has 4 N–H and O–H groups in total. The molecule has 0 unspecified atom stereocenters. The predicted octanol–water partition coefficient (Wildman–Crippen LogP) is 4.85. The molecular weight excluding hydrogens is 433 g/mol. The highest BCUT2D eigenvalue weighted by Gasteiger charge is 2.46. The van der Waals surface area contributed by atoms with Crippen LogP contribution in [-0.2, 0) is 6.42 Å². The molecular formula is C23H23ClFN5S. The van der Waals surface area contributed by atoms with E-state index in [0.29, 0.717) is 10.8 Å². The normalized spacial score (nSPS) is 19.6. The Balaban J connectivity index is 1.26. The third kappa shape index (κ3) is 3.75. The summed E-state index contributed by atoms with van der Waals surface area (Å²) in [5.41, 5.74) is 15.7. The molecule has 3 heterocycles. The summed E-state index contributed by atoms with van der Waals surface area (Å²) in [4.78, 5) is 11.8. The number of anilines is 2. The third-order valence-electron chi connectivity index (χ3n) is 6.58. The second kappa shape index (κ2) is 7.97. The van der Waals surface area contributed by atoms with Crippen molar-refractivity contribution in [1.29, 1.82) is 0 Å². The Morgan fingerprint density at radius 2 is 1.94 bits per heavy atom. The first-order valence-corrected chi connectivity index (χ1v) is 11.5. The third-order valence-corrected chi connectivity index (χ3v) is 8.10. The average Bonchev–Trinajstić information content (AvgIpc) is 3.03. The number of rotatable bonds is 3. The van der Waals surface area contributed by atoms with Crippen LogP contribution >= 0.6 is 23.4 Å². The van der Waals surface area contributed by atoms with Crippen LogP contribution in [0.5, 0.6) is 0 Å². The molecule has 0 bridgehead atoms. The lowest BCUT2D eigenvalue weighted by atomic mass is 9.73. The lowest BCUT2D eigenvalue weighted by molar-refractivity contribution is 0.187. The number of nitrogens with two attached hydrogens (primary N) is 2. The molecule has 5 rings (SSSR count). The highest BCUT2D eigenvalue weighted by atomic mass is 35.5. The van der Waals surface area contributed by atoms with Crippen molar-refractivity contribution in [2.45, 2.75) is 35.2 Å². The van der Waals surface area contributed by atoms with Crippen LogP contribution in [-0.4, -0.2) is 23.1 Å². The molecule has 1 aliphatic heterocycles. The van der Waals surface area contributed by atoms with Gasteiger partial charge < -0.3 is 16.4 Å². The van der Waals surface area contributed by atoms with Crippen LogP contribution in [0.3, 0.4) is 0 Å². The molecule has 0 radical (unpaired) electrons. The fourth-order valence-corrected chi connectivity index (χ4v) is 5.82. The van der Waals surface area contributed by atoms with Crippen molar-refractivity contribution in [2.24, 2.45) is 11.1 Å². The number of nitrogen functional groups attached to an aromatic ring is 1. The fraction of sp³-hybridized carbons (Fsp3) is 0.304. The summed E-state index contributed by atoms with van der Waals surface area (Å²) in [5, 5.41) is 1.30. The monoisotopic (exact) mass is 455 g/mol. The van der Waals surface area contributed by atoms with Crippen LogP contribution in [0.1, 0.15) is 30.0 Å². The molecule has 1 atom stereocenters. The maximum atomic E-state index is 13.7. The zero-order valence-electron chi connectivity index (χ0n) is 16.9. The first kappa shape index (κ1) is 20.5. The van der Waals surface area contributed by atoms with Gasteiger partial charge in [0.05, 0.1) is 16.9 Å². The maximum Gasteiger partial charge on any atom is 0.143 e. The van der Waals surface area contributed by atoms with E-state index in [4.69, 9.17) is 23.1 Å². The zero-order chi connectivity index (χ0) is 21.6. The van der Waals surface area contributed by atoms with Crippen LogP contribution < -0.4 is 16.4 Å². The van der Waals surface area contributed by atoms with Crippen LogP contribution in [0.15, 0.2) is 58.7 Å². The van der Waals surface area contributed by atoms with Gasteiger partial charge in [-0.2, -0.15) is 0 Å². The van der Waals surface area contributed by atoms with Crippen molar-refractivity contribution in [1.82, 2.24) is 9.97 Å². The Labute approximate surface area is 190 Å². The number of aromatic nitrogens is 2. The second-order valence-corrected chi connectivity index (χ2v) is 9.75. The second-order valence-electron chi connectivity index (χ2n) is 8.31. The molecule has 1 aromatic carbocycles. The summed E-state index contributed by atoms with van der Waals surface area (Å²) in [5.74, 6) is 0.140. The zero-order valence-corrected chi connectivity index (χ0v) is 18.5. The van der Waals surface area contributed by atoms with Gasteiger partial charge in [-0.15, -0.1) is 0 Å². The predicted molar refractivity (Wildman–Crippen MR) is 123 cm³/mol. The standard InChI is InChI=1S/C23H23ClFN5S/c24-20-18(5-8-28-22(20)27)31-19-4-2-16(13-29-19)30-9-6-23(7-10-30)12-14-11-15(25)1-3-17(14)21(23)26/h1-5,8,11,13,21H,6-7,9-10,12,26H2,(H2,27,28)/t21-/m1/s1. The Kier molecular flexibility index (Phi) is 5.28. The van der Waals surface area contributed by atoms with Gasteiger partial charge in [0.1, 0.15) is 16.7 Å². The molecule has 1 fully saturated rings. The first-order chi connectivity index (χ1) is 14.9. The van der Waals surface area contributed by atoms with Crippen LogP contribution in [0.4, 0.5) is 15.9 Å². The number of fused-ring (bicyclic) bond motifs is 1. The van der Waals surface area contributed by atoms with Crippen molar-refractivity contribution in [2.75, 3.05) is 23.7 Å². The molecule has 1 spiro atoms. The summed E-state index contributed by atoms with van der Waals surface area (Å²) >= 11 is 7.70. The van der Waals surface area contributed by atoms with E-state index in [1.54, 1.807) is 12.3 Å². The minimum Gasteiger partial charge on any atom is -0.382 e. The van der Waals surface area contributed by atoms with E-state index >= 15 is 0 Å². The largest absolute Gasteiger partial charge is 0.382 e. The minimum atomic E-state index is -0.180. The summed E-state index contributed by atoms with van der Waals surface area (Å²) < 4.78 is 13.7. The van der Waals surface area contributed by atoms with Gasteiger partial charge in [-0.1, -0.05) is 29.4 Å². The SMILES string of the molecule is Nc1nccc(Sc2ccc(N3CCC4(CC3)Cc3cc(F)ccc3[C@H]4N)cn2)c1Cl. The number of hydrogen-bond acceptors (Lipinski definition) is 6.